The molecule has 2 aromatic heterocycles. The molecule has 0 aliphatic carbocycles. The normalized spacial score (nSPS) is 11.9. The van der Waals surface area contributed by atoms with E-state index in [9.17, 15) is 4.79 Å². The van der Waals surface area contributed by atoms with Crippen molar-refractivity contribution in [2.45, 2.75) is 26.3 Å². The Morgan fingerprint density at radius 1 is 1.37 bits per heavy atom. The zero-order chi connectivity index (χ0) is 19.4. The van der Waals surface area contributed by atoms with Gasteiger partial charge < -0.3 is 15.5 Å². The number of thiazole rings is 1. The second-order valence-electron chi connectivity index (χ2n) is 6.27. The van der Waals surface area contributed by atoms with Gasteiger partial charge in [0, 0.05) is 25.2 Å². The number of aryl methyl sites for hydroxylation is 1. The third-order valence-corrected chi connectivity index (χ3v) is 4.92. The standard InChI is InChI=1S/C18H23N7OS/c1-5-16-22-15(10-27-16)12(2)20-18(26)21-13-7-6-8-14(9-13)25-11-19-17(23-25)24(3)4/h6-12H,5H2,1-4H3,(H2,20,21,26)/t12-/m0/s1. The van der Waals surface area contributed by atoms with Gasteiger partial charge in [-0.2, -0.15) is 4.98 Å². The van der Waals surface area contributed by atoms with E-state index in [1.165, 1.54) is 0 Å². The first-order valence-electron chi connectivity index (χ1n) is 8.67. The quantitative estimate of drug-likeness (QED) is 0.680. The van der Waals surface area contributed by atoms with Crippen LogP contribution in [-0.2, 0) is 6.42 Å². The lowest BCUT2D eigenvalue weighted by molar-refractivity contribution is 0.249. The predicted octanol–water partition coefficient (Wildman–Crippen LogP) is 3.23. The van der Waals surface area contributed by atoms with E-state index in [2.05, 4.69) is 32.6 Å². The molecule has 8 nitrogen and oxygen atoms in total. The molecule has 3 rings (SSSR count). The monoisotopic (exact) mass is 385 g/mol. The first kappa shape index (κ1) is 18.8. The second-order valence-corrected chi connectivity index (χ2v) is 7.22. The number of urea groups is 1. The Morgan fingerprint density at radius 2 is 2.19 bits per heavy atom. The van der Waals surface area contributed by atoms with Gasteiger partial charge in [-0.3, -0.25) is 0 Å². The molecule has 142 valence electrons. The molecule has 0 unspecified atom stereocenters. The maximum atomic E-state index is 12.3. The molecule has 0 saturated heterocycles. The first-order chi connectivity index (χ1) is 13.0. The number of carbonyl (C=O) groups is 1. The van der Waals surface area contributed by atoms with E-state index in [1.54, 1.807) is 22.3 Å². The molecule has 2 N–H and O–H groups in total. The minimum Gasteiger partial charge on any atom is -0.346 e. The fourth-order valence-electron chi connectivity index (χ4n) is 2.43. The molecule has 2 heterocycles. The number of nitrogens with zero attached hydrogens (tertiary/aromatic N) is 5. The summed E-state index contributed by atoms with van der Waals surface area (Å²) >= 11 is 1.61. The van der Waals surface area contributed by atoms with Crippen LogP contribution in [0.3, 0.4) is 0 Å². The summed E-state index contributed by atoms with van der Waals surface area (Å²) in [6.45, 7) is 3.99. The molecule has 2 amide bonds. The highest BCUT2D eigenvalue weighted by Crippen LogP contribution is 2.18. The van der Waals surface area contributed by atoms with Crippen LogP contribution in [0.5, 0.6) is 0 Å². The maximum absolute atomic E-state index is 12.3. The minimum absolute atomic E-state index is 0.164. The van der Waals surface area contributed by atoms with Crippen molar-refractivity contribution in [3.8, 4) is 5.69 Å². The van der Waals surface area contributed by atoms with E-state index >= 15 is 0 Å². The van der Waals surface area contributed by atoms with Gasteiger partial charge >= 0.3 is 6.03 Å². The third-order valence-electron chi connectivity index (χ3n) is 3.91. The van der Waals surface area contributed by atoms with E-state index < -0.39 is 0 Å². The van der Waals surface area contributed by atoms with E-state index in [0.717, 1.165) is 22.8 Å². The van der Waals surface area contributed by atoms with Gasteiger partial charge in [0.25, 0.3) is 0 Å². The van der Waals surface area contributed by atoms with E-state index in [-0.39, 0.29) is 12.1 Å². The molecular formula is C18H23N7OS. The number of hydrogen-bond donors (Lipinski definition) is 2. The molecule has 3 aromatic rings. The van der Waals surface area contributed by atoms with Crippen LogP contribution in [-0.4, -0.2) is 39.9 Å². The first-order valence-corrected chi connectivity index (χ1v) is 9.55. The summed E-state index contributed by atoms with van der Waals surface area (Å²) in [7, 11) is 3.77. The van der Waals surface area contributed by atoms with E-state index in [4.69, 9.17) is 0 Å². The average Bonchev–Trinajstić information content (AvgIpc) is 3.31. The van der Waals surface area contributed by atoms with Crippen molar-refractivity contribution in [3.05, 3.63) is 46.7 Å². The lowest BCUT2D eigenvalue weighted by Gasteiger charge is -2.13. The van der Waals surface area contributed by atoms with Gasteiger partial charge in [-0.15, -0.1) is 16.4 Å². The average molecular weight is 385 g/mol. The molecule has 0 aliphatic rings. The molecule has 0 aliphatic heterocycles. The maximum Gasteiger partial charge on any atom is 0.319 e. The number of hydrogen-bond acceptors (Lipinski definition) is 6. The van der Waals surface area contributed by atoms with Crippen LogP contribution in [0.4, 0.5) is 16.4 Å². The van der Waals surface area contributed by atoms with Crippen molar-refractivity contribution in [2.24, 2.45) is 0 Å². The van der Waals surface area contributed by atoms with Crippen LogP contribution in [0.15, 0.2) is 36.0 Å². The van der Waals surface area contributed by atoms with Gasteiger partial charge in [-0.25, -0.2) is 14.5 Å². The third kappa shape index (κ3) is 4.62. The molecule has 27 heavy (non-hydrogen) atoms. The van der Waals surface area contributed by atoms with Crippen LogP contribution >= 0.6 is 11.3 Å². The molecule has 0 saturated carbocycles. The van der Waals surface area contributed by atoms with Crippen LogP contribution < -0.4 is 15.5 Å². The Kier molecular flexibility index (Phi) is 5.70. The van der Waals surface area contributed by atoms with Crippen molar-refractivity contribution < 1.29 is 4.79 Å². The summed E-state index contributed by atoms with van der Waals surface area (Å²) in [5.74, 6) is 0.620. The zero-order valence-corrected chi connectivity index (χ0v) is 16.6. The minimum atomic E-state index is -0.279. The van der Waals surface area contributed by atoms with Crippen molar-refractivity contribution in [2.75, 3.05) is 24.3 Å². The summed E-state index contributed by atoms with van der Waals surface area (Å²) in [5.41, 5.74) is 2.36. The summed E-state index contributed by atoms with van der Waals surface area (Å²) in [6.07, 6.45) is 2.54. The van der Waals surface area contributed by atoms with Gasteiger partial charge in [0.2, 0.25) is 5.95 Å². The Labute approximate surface area is 162 Å². The highest BCUT2D eigenvalue weighted by atomic mass is 32.1. The van der Waals surface area contributed by atoms with Gasteiger partial charge in [-0.1, -0.05) is 13.0 Å². The molecule has 9 heteroatoms. The molecule has 0 radical (unpaired) electrons. The number of carbonyl (C=O) groups excluding carboxylic acids is 1. The van der Waals surface area contributed by atoms with Gasteiger partial charge in [0.15, 0.2) is 0 Å². The van der Waals surface area contributed by atoms with Gasteiger partial charge in [-0.05, 0) is 31.5 Å². The number of rotatable bonds is 6. The van der Waals surface area contributed by atoms with E-state index in [1.807, 2.05) is 55.6 Å². The smallest absolute Gasteiger partial charge is 0.319 e. The number of anilines is 2. The Hall–Kier alpha value is -2.94. The number of amides is 2. The Balaban J connectivity index is 1.65. The van der Waals surface area contributed by atoms with Gasteiger partial charge in [0.05, 0.1) is 22.4 Å². The lowest BCUT2D eigenvalue weighted by atomic mass is 10.2. The highest BCUT2D eigenvalue weighted by Gasteiger charge is 2.13. The molecule has 0 fully saturated rings. The van der Waals surface area contributed by atoms with Crippen LogP contribution in [0.1, 0.15) is 30.6 Å². The second kappa shape index (κ2) is 8.17. The topological polar surface area (TPSA) is 88.0 Å². The Bertz CT molecular complexity index is 918. The summed E-state index contributed by atoms with van der Waals surface area (Å²) in [4.78, 5) is 22.9. The number of benzene rings is 1. The molecule has 1 aromatic carbocycles. The number of nitrogens with one attached hydrogen (secondary N) is 2. The molecule has 0 bridgehead atoms. The molecular weight excluding hydrogens is 362 g/mol. The van der Waals surface area contributed by atoms with Gasteiger partial charge in [0.1, 0.15) is 6.33 Å². The molecule has 0 spiro atoms. The lowest BCUT2D eigenvalue weighted by Crippen LogP contribution is -2.31. The van der Waals surface area contributed by atoms with Crippen LogP contribution in [0.25, 0.3) is 5.69 Å². The zero-order valence-electron chi connectivity index (χ0n) is 15.8. The van der Waals surface area contributed by atoms with Crippen LogP contribution in [0.2, 0.25) is 0 Å². The largest absolute Gasteiger partial charge is 0.346 e. The van der Waals surface area contributed by atoms with Crippen molar-refractivity contribution >= 4 is 29.0 Å². The summed E-state index contributed by atoms with van der Waals surface area (Å²) < 4.78 is 1.67. The number of aromatic nitrogens is 4. The summed E-state index contributed by atoms with van der Waals surface area (Å²) in [6, 6.07) is 6.99. The van der Waals surface area contributed by atoms with Crippen molar-refractivity contribution in [3.63, 3.8) is 0 Å². The predicted molar refractivity (Wildman–Crippen MR) is 108 cm³/mol. The highest BCUT2D eigenvalue weighted by molar-refractivity contribution is 7.09. The fraction of sp³-hybridized carbons (Fsp3) is 0.333. The SMILES string of the molecule is CCc1nc([C@H](C)NC(=O)Nc2cccc(-n3cnc(N(C)C)n3)c2)cs1. The van der Waals surface area contributed by atoms with Crippen molar-refractivity contribution in [1.82, 2.24) is 25.1 Å². The van der Waals surface area contributed by atoms with Crippen LogP contribution in [0, 0.1) is 0 Å². The fourth-order valence-corrected chi connectivity index (χ4v) is 3.27. The van der Waals surface area contributed by atoms with Crippen molar-refractivity contribution in [1.29, 1.82) is 0 Å². The van der Waals surface area contributed by atoms with E-state index in [0.29, 0.717) is 11.6 Å². The summed E-state index contributed by atoms with van der Waals surface area (Å²) in [5, 5.41) is 13.2. The molecule has 1 atom stereocenters. The Morgan fingerprint density at radius 3 is 2.85 bits per heavy atom.